The SMILES string of the molecule is COc1cc(OC)c(S(=O)(=O)N2C(=O)C(c3cc(C)cnc3OC)(N3C[C@H](O)C[C@H]3C(=O)N(C)C)c3cc(Cl)ccc32)cc1OC. The fourth-order valence-corrected chi connectivity index (χ4v) is 8.06. The number of anilines is 1. The Kier molecular flexibility index (Phi) is 8.85. The molecule has 1 N–H and O–H groups in total. The van der Waals surface area contributed by atoms with Gasteiger partial charge in [-0.25, -0.2) is 17.7 Å². The van der Waals surface area contributed by atoms with Crippen LogP contribution in [0.1, 0.15) is 23.1 Å². The number of aliphatic hydroxyl groups is 1. The molecule has 0 saturated carbocycles. The van der Waals surface area contributed by atoms with E-state index in [1.165, 1.54) is 68.6 Å². The molecule has 5 rings (SSSR count). The quantitative estimate of drug-likeness (QED) is 0.357. The Balaban J connectivity index is 1.89. The number of β-amino-alcohol motifs (C(OH)–C–C–N with tert-alkyl or cyclic N) is 1. The number of amides is 2. The highest BCUT2D eigenvalue weighted by Gasteiger charge is 2.64. The molecule has 0 spiro atoms. The predicted octanol–water partition coefficient (Wildman–Crippen LogP) is 2.58. The van der Waals surface area contributed by atoms with E-state index < -0.39 is 39.5 Å². The molecule has 2 aromatic carbocycles. The largest absolute Gasteiger partial charge is 0.495 e. The molecule has 1 saturated heterocycles. The van der Waals surface area contributed by atoms with Crippen LogP contribution in [-0.4, -0.2) is 101 Å². The van der Waals surface area contributed by atoms with Crippen molar-refractivity contribution < 1.29 is 42.1 Å². The van der Waals surface area contributed by atoms with E-state index in [2.05, 4.69) is 4.98 Å². The van der Waals surface area contributed by atoms with Crippen molar-refractivity contribution in [2.45, 2.75) is 35.9 Å². The molecule has 0 aliphatic carbocycles. The molecule has 3 atom stereocenters. The van der Waals surface area contributed by atoms with Gasteiger partial charge >= 0.3 is 0 Å². The van der Waals surface area contributed by atoms with Gasteiger partial charge in [0.15, 0.2) is 17.0 Å². The van der Waals surface area contributed by atoms with Crippen LogP contribution in [0.3, 0.4) is 0 Å². The Hall–Kier alpha value is -4.11. The average Bonchev–Trinajstić information content (AvgIpc) is 3.54. The number of hydrogen-bond acceptors (Lipinski definition) is 11. The molecular formula is C31H35ClN4O9S. The molecule has 13 nitrogen and oxygen atoms in total. The van der Waals surface area contributed by atoms with E-state index in [1.54, 1.807) is 33.3 Å². The molecule has 1 aromatic heterocycles. The molecular weight excluding hydrogens is 640 g/mol. The number of halogens is 1. The number of methoxy groups -OCH3 is 4. The number of ether oxygens (including phenoxy) is 4. The van der Waals surface area contributed by atoms with Crippen LogP contribution in [0.5, 0.6) is 23.1 Å². The maximum atomic E-state index is 15.4. The summed E-state index contributed by atoms with van der Waals surface area (Å²) in [5, 5.41) is 11.2. The number of fused-ring (bicyclic) bond motifs is 1. The summed E-state index contributed by atoms with van der Waals surface area (Å²) in [6, 6.07) is 7.55. The molecule has 15 heteroatoms. The molecule has 2 amide bonds. The number of rotatable bonds is 9. The van der Waals surface area contributed by atoms with Crippen molar-refractivity contribution in [2.75, 3.05) is 53.4 Å². The number of benzene rings is 2. The molecule has 0 radical (unpaired) electrons. The standard InChI is InChI=1S/C31H35ClN4O9S/c1-17-10-21(28(45-7)33-15-17)31(35-16-19(37)12-23(35)29(38)34(2)3)20-11-18(32)8-9-22(20)36(30(31)39)46(40,41)27-14-25(43-5)24(42-4)13-26(27)44-6/h8-11,13-15,19,23,37H,12,16H2,1-7H3/t19-,23+,31?/m1/s1. The van der Waals surface area contributed by atoms with Gasteiger partial charge in [-0.1, -0.05) is 11.6 Å². The summed E-state index contributed by atoms with van der Waals surface area (Å²) in [4.78, 5) is 36.0. The van der Waals surface area contributed by atoms with Crippen molar-refractivity contribution in [3.05, 3.63) is 64.3 Å². The van der Waals surface area contributed by atoms with Crippen LogP contribution in [0.25, 0.3) is 0 Å². The van der Waals surface area contributed by atoms with Crippen LogP contribution in [0.15, 0.2) is 47.5 Å². The number of carbonyl (C=O) groups is 2. The Morgan fingerprint density at radius 3 is 2.26 bits per heavy atom. The van der Waals surface area contributed by atoms with Crippen molar-refractivity contribution in [1.82, 2.24) is 14.8 Å². The summed E-state index contributed by atoms with van der Waals surface area (Å²) >= 11 is 6.56. The van der Waals surface area contributed by atoms with Gasteiger partial charge in [0.25, 0.3) is 15.9 Å². The second-order valence-electron chi connectivity index (χ2n) is 11.2. The number of carbonyl (C=O) groups excluding carboxylic acids is 2. The van der Waals surface area contributed by atoms with Crippen molar-refractivity contribution in [3.63, 3.8) is 0 Å². The minimum Gasteiger partial charge on any atom is -0.495 e. The van der Waals surface area contributed by atoms with Crippen LogP contribution in [0, 0.1) is 6.92 Å². The zero-order chi connectivity index (χ0) is 33.7. The summed E-state index contributed by atoms with van der Waals surface area (Å²) in [6.07, 6.45) is 0.500. The smallest absolute Gasteiger partial charge is 0.274 e. The van der Waals surface area contributed by atoms with Gasteiger partial charge in [-0.2, -0.15) is 0 Å². The van der Waals surface area contributed by atoms with Crippen LogP contribution in [0.2, 0.25) is 5.02 Å². The highest BCUT2D eigenvalue weighted by atomic mass is 35.5. The van der Waals surface area contributed by atoms with E-state index in [0.29, 0.717) is 9.87 Å². The fraction of sp³-hybridized carbons (Fsp3) is 0.387. The van der Waals surface area contributed by atoms with E-state index in [9.17, 15) is 18.3 Å². The van der Waals surface area contributed by atoms with E-state index in [1.807, 2.05) is 0 Å². The zero-order valence-electron chi connectivity index (χ0n) is 26.4. The lowest BCUT2D eigenvalue weighted by Gasteiger charge is -2.41. The highest BCUT2D eigenvalue weighted by Crippen LogP contribution is 2.55. The number of sulfonamides is 1. The van der Waals surface area contributed by atoms with Gasteiger partial charge in [0.2, 0.25) is 11.8 Å². The Labute approximate surface area is 272 Å². The summed E-state index contributed by atoms with van der Waals surface area (Å²) in [5.74, 6) is -1.15. The van der Waals surface area contributed by atoms with Crippen LogP contribution >= 0.6 is 11.6 Å². The van der Waals surface area contributed by atoms with Crippen molar-refractivity contribution in [2.24, 2.45) is 0 Å². The molecule has 0 bridgehead atoms. The molecule has 2 aliphatic heterocycles. The number of likely N-dealkylation sites (N-methyl/N-ethyl adjacent to an activating group) is 1. The molecule has 246 valence electrons. The second-order valence-corrected chi connectivity index (χ2v) is 13.4. The third-order valence-electron chi connectivity index (χ3n) is 8.26. The third kappa shape index (κ3) is 5.00. The fourth-order valence-electron chi connectivity index (χ4n) is 6.27. The van der Waals surface area contributed by atoms with Gasteiger partial charge in [0.05, 0.1) is 46.3 Å². The summed E-state index contributed by atoms with van der Waals surface area (Å²) in [6.45, 7) is 1.60. The lowest BCUT2D eigenvalue weighted by atomic mass is 9.81. The molecule has 1 fully saturated rings. The van der Waals surface area contributed by atoms with E-state index in [0.717, 1.165) is 0 Å². The molecule has 3 heterocycles. The van der Waals surface area contributed by atoms with Gasteiger partial charge in [0.1, 0.15) is 10.6 Å². The minimum absolute atomic E-state index is 0.0141. The number of likely N-dealkylation sites (tertiary alicyclic amines) is 1. The van der Waals surface area contributed by atoms with Gasteiger partial charge in [-0.15, -0.1) is 0 Å². The molecule has 1 unspecified atom stereocenters. The molecule has 2 aliphatic rings. The van der Waals surface area contributed by atoms with Gasteiger partial charge < -0.3 is 29.0 Å². The van der Waals surface area contributed by atoms with E-state index in [-0.39, 0.29) is 62.8 Å². The maximum Gasteiger partial charge on any atom is 0.274 e. The van der Waals surface area contributed by atoms with Gasteiger partial charge in [-0.05, 0) is 43.2 Å². The minimum atomic E-state index is -4.79. The number of pyridine rings is 1. The van der Waals surface area contributed by atoms with Gasteiger partial charge in [0, 0.05) is 55.1 Å². The number of nitrogens with zero attached hydrogens (tertiary/aromatic N) is 4. The third-order valence-corrected chi connectivity index (χ3v) is 10.2. The van der Waals surface area contributed by atoms with Crippen LogP contribution in [-0.2, 0) is 25.2 Å². The average molecular weight is 675 g/mol. The van der Waals surface area contributed by atoms with Gasteiger partial charge in [-0.3, -0.25) is 14.5 Å². The normalized spacial score (nSPS) is 21.2. The van der Waals surface area contributed by atoms with Crippen molar-refractivity contribution in [3.8, 4) is 23.1 Å². The summed E-state index contributed by atoms with van der Waals surface area (Å²) in [7, 11) is 3.74. The Morgan fingerprint density at radius 1 is 1.00 bits per heavy atom. The first kappa shape index (κ1) is 33.3. The number of hydrogen-bond donors (Lipinski definition) is 1. The first-order valence-corrected chi connectivity index (χ1v) is 16.0. The monoisotopic (exact) mass is 674 g/mol. The topological polar surface area (TPSA) is 148 Å². The second kappa shape index (κ2) is 12.2. The lowest BCUT2D eigenvalue weighted by molar-refractivity contribution is -0.138. The van der Waals surface area contributed by atoms with Crippen molar-refractivity contribution >= 4 is 39.1 Å². The first-order chi connectivity index (χ1) is 21.8. The summed E-state index contributed by atoms with van der Waals surface area (Å²) < 4.78 is 52.1. The summed E-state index contributed by atoms with van der Waals surface area (Å²) in [5.41, 5.74) is -1.11. The predicted molar refractivity (Wildman–Crippen MR) is 168 cm³/mol. The van der Waals surface area contributed by atoms with Crippen LogP contribution in [0.4, 0.5) is 5.69 Å². The Morgan fingerprint density at radius 2 is 1.65 bits per heavy atom. The Bertz CT molecular complexity index is 1820. The van der Waals surface area contributed by atoms with E-state index >= 15 is 4.79 Å². The lowest BCUT2D eigenvalue weighted by Crippen LogP contribution is -2.59. The molecule has 46 heavy (non-hydrogen) atoms. The van der Waals surface area contributed by atoms with Crippen LogP contribution < -0.4 is 23.3 Å². The molecule has 3 aromatic rings. The first-order valence-electron chi connectivity index (χ1n) is 14.1. The zero-order valence-corrected chi connectivity index (χ0v) is 28.0. The maximum absolute atomic E-state index is 15.4. The number of aryl methyl sites for hydroxylation is 1. The number of aromatic nitrogens is 1. The number of aliphatic hydroxyl groups excluding tert-OH is 1. The highest BCUT2D eigenvalue weighted by molar-refractivity contribution is 7.93. The van der Waals surface area contributed by atoms with Crippen molar-refractivity contribution in [1.29, 1.82) is 0 Å². The van der Waals surface area contributed by atoms with E-state index in [4.69, 9.17) is 30.5 Å².